The van der Waals surface area contributed by atoms with Crippen LogP contribution in [-0.2, 0) is 6.54 Å². The van der Waals surface area contributed by atoms with Gasteiger partial charge in [0.05, 0.1) is 0 Å². The number of H-pyrrole nitrogens is 1. The highest BCUT2D eigenvalue weighted by Crippen LogP contribution is 2.39. The fourth-order valence-electron chi connectivity index (χ4n) is 2.64. The van der Waals surface area contributed by atoms with Gasteiger partial charge in [0.15, 0.2) is 0 Å². The summed E-state index contributed by atoms with van der Waals surface area (Å²) in [5, 5.41) is 14.8. The minimum absolute atomic E-state index is 0.497. The van der Waals surface area contributed by atoms with Gasteiger partial charge in [0.1, 0.15) is 11.4 Å². The van der Waals surface area contributed by atoms with E-state index in [-0.39, 0.29) is 0 Å². The van der Waals surface area contributed by atoms with Crippen LogP contribution in [-0.4, -0.2) is 22.0 Å². The number of rotatable bonds is 5. The molecule has 0 radical (unpaired) electrons. The molecule has 1 fully saturated rings. The van der Waals surface area contributed by atoms with E-state index in [1.54, 1.807) is 0 Å². The molecule has 2 aromatic rings. The fraction of sp³-hybridized carbons (Fsp3) is 0.467. The Morgan fingerprint density at radius 2 is 2.00 bits per heavy atom. The lowest BCUT2D eigenvalue weighted by atomic mass is 9.70. The molecule has 19 heavy (non-hydrogen) atoms. The molecule has 1 heterocycles. The molecule has 4 heteroatoms. The zero-order valence-corrected chi connectivity index (χ0v) is 11.3. The van der Waals surface area contributed by atoms with E-state index < -0.39 is 0 Å². The van der Waals surface area contributed by atoms with Crippen LogP contribution in [0.1, 0.15) is 31.9 Å². The van der Waals surface area contributed by atoms with E-state index in [0.29, 0.717) is 5.41 Å². The van der Waals surface area contributed by atoms with Gasteiger partial charge in [-0.05, 0) is 18.3 Å². The summed E-state index contributed by atoms with van der Waals surface area (Å²) in [6, 6.07) is 10.2. The number of benzene rings is 1. The molecule has 1 aromatic carbocycles. The molecular weight excluding hydrogens is 236 g/mol. The van der Waals surface area contributed by atoms with Crippen LogP contribution in [0.2, 0.25) is 0 Å². The van der Waals surface area contributed by atoms with Gasteiger partial charge in [-0.1, -0.05) is 43.7 Å². The van der Waals surface area contributed by atoms with E-state index >= 15 is 0 Å². The predicted octanol–water partition coefficient (Wildman–Crippen LogP) is 2.75. The summed E-state index contributed by atoms with van der Waals surface area (Å²) in [6.07, 6.45) is 4.05. The lowest BCUT2D eigenvalue weighted by Gasteiger charge is -2.38. The van der Waals surface area contributed by atoms with Gasteiger partial charge >= 0.3 is 0 Å². The molecule has 0 bridgehead atoms. The van der Waals surface area contributed by atoms with Crippen molar-refractivity contribution in [2.45, 2.75) is 32.7 Å². The number of hydrogen-bond acceptors (Lipinski definition) is 3. The molecule has 1 aliphatic rings. The molecule has 1 saturated carbocycles. The minimum Gasteiger partial charge on any atom is -0.310 e. The van der Waals surface area contributed by atoms with Crippen LogP contribution in [0.3, 0.4) is 0 Å². The van der Waals surface area contributed by atoms with E-state index in [2.05, 4.69) is 39.8 Å². The highest BCUT2D eigenvalue weighted by molar-refractivity contribution is 5.60. The first-order valence-corrected chi connectivity index (χ1v) is 6.93. The van der Waals surface area contributed by atoms with Crippen LogP contribution < -0.4 is 5.32 Å². The third kappa shape index (κ3) is 2.68. The fourth-order valence-corrected chi connectivity index (χ4v) is 2.64. The lowest BCUT2D eigenvalue weighted by Crippen LogP contribution is -2.37. The van der Waals surface area contributed by atoms with Gasteiger partial charge in [0.25, 0.3) is 0 Å². The molecule has 4 nitrogen and oxygen atoms in total. The van der Waals surface area contributed by atoms with Crippen LogP contribution in [0.25, 0.3) is 11.3 Å². The molecule has 3 rings (SSSR count). The van der Waals surface area contributed by atoms with E-state index in [0.717, 1.165) is 30.0 Å². The smallest absolute Gasteiger partial charge is 0.117 e. The second kappa shape index (κ2) is 5.13. The van der Waals surface area contributed by atoms with Crippen LogP contribution in [0.4, 0.5) is 0 Å². The number of aromatic nitrogens is 3. The minimum atomic E-state index is 0.497. The van der Waals surface area contributed by atoms with E-state index in [1.807, 2.05) is 18.2 Å². The van der Waals surface area contributed by atoms with Gasteiger partial charge < -0.3 is 5.32 Å². The van der Waals surface area contributed by atoms with Gasteiger partial charge in [0.2, 0.25) is 0 Å². The standard InChI is InChI=1S/C15H20N4/c1-15(8-5-9-15)11-16-10-13-14(18-19-17-13)12-6-3-2-4-7-12/h2-4,6-7,16H,5,8-11H2,1H3,(H,17,18,19). The Balaban J connectivity index is 1.64. The maximum absolute atomic E-state index is 4.26. The maximum Gasteiger partial charge on any atom is 0.117 e. The molecule has 0 amide bonds. The second-order valence-corrected chi connectivity index (χ2v) is 5.75. The molecule has 0 aliphatic heterocycles. The Morgan fingerprint density at radius 3 is 2.68 bits per heavy atom. The number of hydrogen-bond donors (Lipinski definition) is 2. The summed E-state index contributed by atoms with van der Waals surface area (Å²) in [5.41, 5.74) is 3.56. The third-order valence-electron chi connectivity index (χ3n) is 4.07. The third-order valence-corrected chi connectivity index (χ3v) is 4.07. The molecule has 2 N–H and O–H groups in total. The van der Waals surface area contributed by atoms with E-state index in [1.165, 1.54) is 19.3 Å². The maximum atomic E-state index is 4.26. The number of nitrogens with one attached hydrogen (secondary N) is 2. The highest BCUT2D eigenvalue weighted by Gasteiger charge is 2.31. The second-order valence-electron chi connectivity index (χ2n) is 5.75. The first-order chi connectivity index (χ1) is 9.27. The molecule has 1 aromatic heterocycles. The lowest BCUT2D eigenvalue weighted by molar-refractivity contribution is 0.156. The first kappa shape index (κ1) is 12.4. The molecule has 1 aliphatic carbocycles. The van der Waals surface area contributed by atoms with Gasteiger partial charge in [-0.15, -0.1) is 0 Å². The van der Waals surface area contributed by atoms with Gasteiger partial charge in [-0.3, -0.25) is 0 Å². The van der Waals surface area contributed by atoms with E-state index in [9.17, 15) is 0 Å². The summed E-state index contributed by atoms with van der Waals surface area (Å²) in [5.74, 6) is 0. The topological polar surface area (TPSA) is 53.6 Å². The summed E-state index contributed by atoms with van der Waals surface area (Å²) >= 11 is 0. The molecule has 0 atom stereocenters. The van der Waals surface area contributed by atoms with Gasteiger partial charge in [-0.2, -0.15) is 15.4 Å². The Bertz CT molecular complexity index is 528. The quantitative estimate of drug-likeness (QED) is 0.865. The van der Waals surface area contributed by atoms with Crippen molar-refractivity contribution >= 4 is 0 Å². The monoisotopic (exact) mass is 256 g/mol. The SMILES string of the molecule is CC1(CNCc2n[nH]nc2-c2ccccc2)CCC1. The number of nitrogens with zero attached hydrogens (tertiary/aromatic N) is 2. The zero-order valence-electron chi connectivity index (χ0n) is 11.3. The average molecular weight is 256 g/mol. The summed E-state index contributed by atoms with van der Waals surface area (Å²) in [4.78, 5) is 0. The van der Waals surface area contributed by atoms with Crippen molar-refractivity contribution in [2.75, 3.05) is 6.54 Å². The van der Waals surface area contributed by atoms with Crippen molar-refractivity contribution in [2.24, 2.45) is 5.41 Å². The van der Waals surface area contributed by atoms with Crippen molar-refractivity contribution in [3.8, 4) is 11.3 Å². The first-order valence-electron chi connectivity index (χ1n) is 6.93. The molecule has 0 saturated heterocycles. The molecular formula is C15H20N4. The highest BCUT2D eigenvalue weighted by atomic mass is 15.3. The summed E-state index contributed by atoms with van der Waals surface area (Å²) in [7, 11) is 0. The van der Waals surface area contributed by atoms with E-state index in [4.69, 9.17) is 0 Å². The molecule has 100 valence electrons. The Hall–Kier alpha value is -1.68. The van der Waals surface area contributed by atoms with Crippen LogP contribution in [0, 0.1) is 5.41 Å². The van der Waals surface area contributed by atoms with Crippen LogP contribution >= 0.6 is 0 Å². The Morgan fingerprint density at radius 1 is 1.21 bits per heavy atom. The van der Waals surface area contributed by atoms with Crippen molar-refractivity contribution in [1.82, 2.24) is 20.7 Å². The Labute approximate surface area is 113 Å². The van der Waals surface area contributed by atoms with Gasteiger partial charge in [-0.25, -0.2) is 0 Å². The van der Waals surface area contributed by atoms with Crippen molar-refractivity contribution in [3.63, 3.8) is 0 Å². The average Bonchev–Trinajstić information content (AvgIpc) is 2.86. The zero-order chi connectivity index (χ0) is 13.1. The molecule has 0 unspecified atom stereocenters. The van der Waals surface area contributed by atoms with Crippen LogP contribution in [0.15, 0.2) is 30.3 Å². The summed E-state index contributed by atoms with van der Waals surface area (Å²) in [6.45, 7) is 4.19. The van der Waals surface area contributed by atoms with Gasteiger partial charge in [0, 0.05) is 18.7 Å². The number of aromatic amines is 1. The Kier molecular flexibility index (Phi) is 3.34. The molecule has 0 spiro atoms. The normalized spacial score (nSPS) is 17.1. The predicted molar refractivity (Wildman–Crippen MR) is 75.5 cm³/mol. The van der Waals surface area contributed by atoms with Crippen molar-refractivity contribution < 1.29 is 0 Å². The summed E-state index contributed by atoms with van der Waals surface area (Å²) < 4.78 is 0. The van der Waals surface area contributed by atoms with Crippen molar-refractivity contribution in [3.05, 3.63) is 36.0 Å². The largest absolute Gasteiger partial charge is 0.310 e. The van der Waals surface area contributed by atoms with Crippen molar-refractivity contribution in [1.29, 1.82) is 0 Å². The van der Waals surface area contributed by atoms with Crippen LogP contribution in [0.5, 0.6) is 0 Å².